The van der Waals surface area contributed by atoms with Crippen LogP contribution in [0.4, 0.5) is 22.0 Å². The van der Waals surface area contributed by atoms with Crippen LogP contribution in [0.5, 0.6) is 5.75 Å². The molecule has 0 aromatic heterocycles. The summed E-state index contributed by atoms with van der Waals surface area (Å²) >= 11 is 3.32. The van der Waals surface area contributed by atoms with E-state index in [1.54, 1.807) is 0 Å². The largest absolute Gasteiger partial charge is 0.491 e. The van der Waals surface area contributed by atoms with Gasteiger partial charge in [0.15, 0.2) is 0 Å². The van der Waals surface area contributed by atoms with E-state index in [-0.39, 0.29) is 36.0 Å². The lowest BCUT2D eigenvalue weighted by Crippen LogP contribution is -2.50. The summed E-state index contributed by atoms with van der Waals surface area (Å²) in [5.74, 6) is -3.13. The van der Waals surface area contributed by atoms with Crippen molar-refractivity contribution >= 4 is 27.7 Å². The van der Waals surface area contributed by atoms with Crippen molar-refractivity contribution in [1.82, 2.24) is 16.0 Å². The summed E-state index contributed by atoms with van der Waals surface area (Å²) in [6.45, 7) is 1.14. The minimum atomic E-state index is -4.52. The molecule has 0 spiro atoms. The third-order valence-corrected chi connectivity index (χ3v) is 7.51. The summed E-state index contributed by atoms with van der Waals surface area (Å²) in [4.78, 5) is 26.5. The Kier molecular flexibility index (Phi) is 12.1. The number of rotatable bonds is 13. The number of alkyl halides is 3. The lowest BCUT2D eigenvalue weighted by atomic mass is 10.1. The van der Waals surface area contributed by atoms with Gasteiger partial charge < -0.3 is 25.8 Å². The fraction of sp³-hybridized carbons (Fsp3) is 0.235. The zero-order valence-electron chi connectivity index (χ0n) is 25.0. The Labute approximate surface area is 276 Å². The minimum Gasteiger partial charge on any atom is -0.491 e. The monoisotopic (exact) mass is 719 g/mol. The number of carbonyl (C=O) groups is 2. The van der Waals surface area contributed by atoms with Gasteiger partial charge in [0.2, 0.25) is 0 Å². The van der Waals surface area contributed by atoms with Crippen LogP contribution in [0.2, 0.25) is 0 Å². The van der Waals surface area contributed by atoms with Gasteiger partial charge in [0.25, 0.3) is 11.8 Å². The molecule has 0 fully saturated rings. The molecule has 7 nitrogen and oxygen atoms in total. The molecule has 0 aliphatic carbocycles. The lowest BCUT2D eigenvalue weighted by molar-refractivity contribution is -0.137. The summed E-state index contributed by atoms with van der Waals surface area (Å²) in [5.41, 5.74) is 0.599. The molecule has 0 bridgehead atoms. The molecule has 0 radical (unpaired) electrons. The first-order valence-corrected chi connectivity index (χ1v) is 15.2. The molecule has 4 aromatic rings. The molecule has 0 aliphatic heterocycles. The molecule has 4 N–H and O–H groups in total. The van der Waals surface area contributed by atoms with Gasteiger partial charge in [0.05, 0.1) is 23.8 Å². The van der Waals surface area contributed by atoms with E-state index >= 15 is 0 Å². The Bertz CT molecular complexity index is 1670. The van der Waals surface area contributed by atoms with E-state index in [4.69, 9.17) is 4.74 Å². The number of amides is 2. The zero-order chi connectivity index (χ0) is 34.1. The minimum absolute atomic E-state index is 0.0386. The normalized spacial score (nSPS) is 13.4. The second kappa shape index (κ2) is 16.0. The van der Waals surface area contributed by atoms with Crippen LogP contribution in [0.1, 0.15) is 50.4 Å². The van der Waals surface area contributed by atoms with Crippen molar-refractivity contribution in [3.8, 4) is 5.75 Å². The maximum absolute atomic E-state index is 13.7. The second-order valence-corrected chi connectivity index (χ2v) is 11.6. The van der Waals surface area contributed by atoms with Gasteiger partial charge in [-0.3, -0.25) is 9.59 Å². The Morgan fingerprint density at radius 2 is 1.49 bits per heavy atom. The Balaban J connectivity index is 1.47. The number of carbonyl (C=O) groups excluding carboxylic acids is 2. The van der Waals surface area contributed by atoms with E-state index in [2.05, 4.69) is 31.9 Å². The van der Waals surface area contributed by atoms with E-state index in [0.29, 0.717) is 16.1 Å². The third kappa shape index (κ3) is 10.6. The average Bonchev–Trinajstić information content (AvgIpc) is 3.02. The highest BCUT2D eigenvalue weighted by molar-refractivity contribution is 9.10. The van der Waals surface area contributed by atoms with Gasteiger partial charge in [-0.1, -0.05) is 64.5 Å². The van der Waals surface area contributed by atoms with Crippen molar-refractivity contribution in [3.63, 3.8) is 0 Å². The van der Waals surface area contributed by atoms with Crippen LogP contribution in [0, 0.1) is 11.6 Å². The van der Waals surface area contributed by atoms with E-state index < -0.39 is 53.9 Å². The number of hydrogen-bond acceptors (Lipinski definition) is 5. The molecule has 0 saturated carbocycles. The Hall–Kier alpha value is -4.33. The van der Waals surface area contributed by atoms with Gasteiger partial charge in [0.1, 0.15) is 24.0 Å². The molecule has 0 aliphatic rings. The van der Waals surface area contributed by atoms with Crippen molar-refractivity contribution < 1.29 is 41.4 Å². The molecule has 3 atom stereocenters. The molecule has 4 aromatic carbocycles. The third-order valence-electron chi connectivity index (χ3n) is 7.05. The summed E-state index contributed by atoms with van der Waals surface area (Å²) < 4.78 is 72.7. The van der Waals surface area contributed by atoms with Crippen LogP contribution in [0.3, 0.4) is 0 Å². The fourth-order valence-electron chi connectivity index (χ4n) is 4.62. The molecule has 0 heterocycles. The van der Waals surface area contributed by atoms with Crippen LogP contribution in [-0.2, 0) is 12.7 Å². The quantitative estimate of drug-likeness (QED) is 0.117. The zero-order valence-corrected chi connectivity index (χ0v) is 26.5. The van der Waals surface area contributed by atoms with Gasteiger partial charge in [-0.15, -0.1) is 0 Å². The molecular formula is C34H31BrF5N3O4. The van der Waals surface area contributed by atoms with Crippen LogP contribution in [-0.4, -0.2) is 42.2 Å². The van der Waals surface area contributed by atoms with Crippen LogP contribution in [0.15, 0.2) is 95.5 Å². The van der Waals surface area contributed by atoms with Crippen molar-refractivity contribution in [3.05, 3.63) is 135 Å². The van der Waals surface area contributed by atoms with Gasteiger partial charge in [0, 0.05) is 46.9 Å². The first-order valence-electron chi connectivity index (χ1n) is 14.4. The highest BCUT2D eigenvalue weighted by atomic mass is 79.9. The molecule has 4 rings (SSSR count). The van der Waals surface area contributed by atoms with Crippen LogP contribution < -0.4 is 20.7 Å². The topological polar surface area (TPSA) is 99.7 Å². The highest BCUT2D eigenvalue weighted by Crippen LogP contribution is 2.29. The molecule has 0 saturated heterocycles. The predicted octanol–water partition coefficient (Wildman–Crippen LogP) is 6.57. The Morgan fingerprint density at radius 3 is 2.13 bits per heavy atom. The highest BCUT2D eigenvalue weighted by Gasteiger charge is 2.30. The van der Waals surface area contributed by atoms with Crippen molar-refractivity contribution in [2.75, 3.05) is 13.2 Å². The number of ether oxygens (including phenoxy) is 1. The smallest absolute Gasteiger partial charge is 0.416 e. The molecular weight excluding hydrogens is 689 g/mol. The summed E-state index contributed by atoms with van der Waals surface area (Å²) in [6.07, 6.45) is -5.89. The first kappa shape index (κ1) is 35.5. The number of aliphatic hydroxyl groups is 1. The predicted molar refractivity (Wildman–Crippen MR) is 169 cm³/mol. The van der Waals surface area contributed by atoms with E-state index in [1.165, 1.54) is 30.3 Å². The Morgan fingerprint density at radius 1 is 0.851 bits per heavy atom. The van der Waals surface area contributed by atoms with E-state index in [9.17, 15) is 36.6 Å². The second-order valence-electron chi connectivity index (χ2n) is 10.7. The maximum Gasteiger partial charge on any atom is 0.416 e. The van der Waals surface area contributed by atoms with Crippen molar-refractivity contribution in [1.29, 1.82) is 0 Å². The van der Waals surface area contributed by atoms with Crippen LogP contribution >= 0.6 is 15.9 Å². The molecule has 0 unspecified atom stereocenters. The number of hydrogen-bond donors (Lipinski definition) is 4. The SMILES string of the molecule is C[C@@H](NC(=O)c1cc(Br)cc(C(=O)N[C@@H](COc2cc(F)cc(F)c2)[C@H](O)CNCc2cccc(C(F)(F)F)c2)c1)c1ccccc1. The van der Waals surface area contributed by atoms with Crippen LogP contribution in [0.25, 0.3) is 0 Å². The maximum atomic E-state index is 13.7. The van der Waals surface area contributed by atoms with Gasteiger partial charge in [-0.2, -0.15) is 13.2 Å². The first-order chi connectivity index (χ1) is 22.3. The standard InChI is InChI=1S/C34H31BrF5N3O4/c1-20(22-7-3-2-4-8-22)42-32(45)23-11-24(13-26(35)12-23)33(46)43-30(19-47-29-15-27(36)14-28(37)16-29)31(44)18-41-17-21-6-5-9-25(10-21)34(38,39)40/h2-16,20,30-31,41,44H,17-19H2,1H3,(H,42,45)(H,43,46)/t20-,30+,31-/m1/s1. The molecule has 2 amide bonds. The van der Waals surface area contributed by atoms with Gasteiger partial charge >= 0.3 is 6.18 Å². The van der Waals surface area contributed by atoms with E-state index in [0.717, 1.165) is 29.8 Å². The van der Waals surface area contributed by atoms with Crippen molar-refractivity contribution in [2.45, 2.75) is 37.8 Å². The summed E-state index contributed by atoms with van der Waals surface area (Å²) in [6, 6.07) is 19.3. The number of aliphatic hydroxyl groups excluding tert-OH is 1. The van der Waals surface area contributed by atoms with Gasteiger partial charge in [-0.05, 0) is 42.3 Å². The number of benzene rings is 4. The average molecular weight is 721 g/mol. The number of halogens is 6. The summed E-state index contributed by atoms with van der Waals surface area (Å²) in [5, 5.41) is 19.4. The lowest BCUT2D eigenvalue weighted by Gasteiger charge is -2.25. The van der Waals surface area contributed by atoms with Crippen molar-refractivity contribution in [2.24, 2.45) is 0 Å². The summed E-state index contributed by atoms with van der Waals surface area (Å²) in [7, 11) is 0. The van der Waals surface area contributed by atoms with Gasteiger partial charge in [-0.25, -0.2) is 8.78 Å². The number of nitrogens with one attached hydrogen (secondary N) is 3. The van der Waals surface area contributed by atoms with E-state index in [1.807, 2.05) is 37.3 Å². The fourth-order valence-corrected chi connectivity index (χ4v) is 5.11. The molecule has 13 heteroatoms. The molecule has 248 valence electrons. The molecule has 47 heavy (non-hydrogen) atoms.